The average Bonchev–Trinajstić information content (AvgIpc) is 2.14. The fourth-order valence-corrected chi connectivity index (χ4v) is 1.86. The summed E-state index contributed by atoms with van der Waals surface area (Å²) in [4.78, 5) is 0. The largest absolute Gasteiger partial charge is 0.269 e. The van der Waals surface area contributed by atoms with E-state index in [1.165, 1.54) is 19.3 Å². The zero-order chi connectivity index (χ0) is 6.85. The fourth-order valence-electron chi connectivity index (χ4n) is 1.86. The van der Waals surface area contributed by atoms with Crippen molar-refractivity contribution < 1.29 is 4.70 Å². The van der Waals surface area contributed by atoms with Crippen molar-refractivity contribution >= 4 is 0 Å². The standard InChI is InChI=1S/C9H18.FH/c1-7(2)9-5-4-8(3)6-9;/h7-9H,4-6H2,1-3H3;1H. The van der Waals surface area contributed by atoms with Crippen LogP contribution in [0.25, 0.3) is 0 Å². The molecule has 62 valence electrons. The van der Waals surface area contributed by atoms with E-state index in [1.54, 1.807) is 0 Å². The third-order valence-electron chi connectivity index (χ3n) is 2.68. The molecule has 1 heteroatoms. The molecule has 1 fully saturated rings. The van der Waals surface area contributed by atoms with Gasteiger partial charge in [-0.05, 0) is 30.6 Å². The monoisotopic (exact) mass is 146 g/mol. The Bertz CT molecular complexity index is 88.7. The van der Waals surface area contributed by atoms with Crippen LogP contribution in [-0.2, 0) is 0 Å². The van der Waals surface area contributed by atoms with Crippen molar-refractivity contribution in [2.45, 2.75) is 40.0 Å². The van der Waals surface area contributed by atoms with E-state index in [-0.39, 0.29) is 4.70 Å². The second-order valence-corrected chi connectivity index (χ2v) is 3.92. The first-order chi connectivity index (χ1) is 4.20. The molecule has 0 heterocycles. The molecule has 1 aliphatic rings. The highest BCUT2D eigenvalue weighted by Gasteiger charge is 2.23. The van der Waals surface area contributed by atoms with E-state index in [0.29, 0.717) is 0 Å². The summed E-state index contributed by atoms with van der Waals surface area (Å²) >= 11 is 0. The van der Waals surface area contributed by atoms with Gasteiger partial charge in [0.05, 0.1) is 0 Å². The van der Waals surface area contributed by atoms with Crippen LogP contribution in [0.3, 0.4) is 0 Å². The molecule has 0 saturated heterocycles. The van der Waals surface area contributed by atoms with Crippen LogP contribution in [0.4, 0.5) is 4.70 Å². The predicted octanol–water partition coefficient (Wildman–Crippen LogP) is 3.23. The summed E-state index contributed by atoms with van der Waals surface area (Å²) in [6.45, 7) is 7.08. The lowest BCUT2D eigenvalue weighted by Gasteiger charge is -2.12. The van der Waals surface area contributed by atoms with Crippen molar-refractivity contribution in [2.75, 3.05) is 0 Å². The van der Waals surface area contributed by atoms with Crippen molar-refractivity contribution in [2.24, 2.45) is 17.8 Å². The third-order valence-corrected chi connectivity index (χ3v) is 2.68. The van der Waals surface area contributed by atoms with Crippen molar-refractivity contribution in [1.82, 2.24) is 0 Å². The van der Waals surface area contributed by atoms with E-state index in [0.717, 1.165) is 17.8 Å². The van der Waals surface area contributed by atoms with Gasteiger partial charge in [-0.3, -0.25) is 4.70 Å². The number of hydrogen-bond donors (Lipinski definition) is 0. The lowest BCUT2D eigenvalue weighted by Crippen LogP contribution is -2.02. The third kappa shape index (κ3) is 2.28. The Morgan fingerprint density at radius 3 is 2.00 bits per heavy atom. The van der Waals surface area contributed by atoms with Crippen LogP contribution in [0.5, 0.6) is 0 Å². The number of rotatable bonds is 1. The Morgan fingerprint density at radius 2 is 1.80 bits per heavy atom. The second-order valence-electron chi connectivity index (χ2n) is 3.92. The van der Waals surface area contributed by atoms with E-state index in [2.05, 4.69) is 20.8 Å². The lowest BCUT2D eigenvalue weighted by atomic mass is 9.94. The minimum absolute atomic E-state index is 0. The van der Waals surface area contributed by atoms with Gasteiger partial charge in [0, 0.05) is 0 Å². The SMILES string of the molecule is CC1CCC(C(C)C)C1.F. The van der Waals surface area contributed by atoms with Crippen LogP contribution in [0.1, 0.15) is 40.0 Å². The van der Waals surface area contributed by atoms with Crippen molar-refractivity contribution in [1.29, 1.82) is 0 Å². The molecule has 1 rings (SSSR count). The summed E-state index contributed by atoms with van der Waals surface area (Å²) < 4.78 is 0. The molecule has 0 bridgehead atoms. The Labute approximate surface area is 63.4 Å². The highest BCUT2D eigenvalue weighted by molar-refractivity contribution is 4.74. The maximum Gasteiger partial charge on any atom is -0.0388 e. The quantitative estimate of drug-likeness (QED) is 0.532. The highest BCUT2D eigenvalue weighted by atomic mass is 19.0. The van der Waals surface area contributed by atoms with E-state index in [4.69, 9.17) is 0 Å². The summed E-state index contributed by atoms with van der Waals surface area (Å²) in [6, 6.07) is 0. The predicted molar refractivity (Wildman–Crippen MR) is 43.8 cm³/mol. The van der Waals surface area contributed by atoms with Gasteiger partial charge < -0.3 is 0 Å². The van der Waals surface area contributed by atoms with Gasteiger partial charge in [-0.25, -0.2) is 0 Å². The molecule has 0 aromatic heterocycles. The van der Waals surface area contributed by atoms with Crippen LogP contribution in [0.15, 0.2) is 0 Å². The zero-order valence-electron chi connectivity index (χ0n) is 7.26. The first-order valence-electron chi connectivity index (χ1n) is 4.20. The molecule has 1 aliphatic carbocycles. The molecule has 0 aliphatic heterocycles. The van der Waals surface area contributed by atoms with E-state index >= 15 is 0 Å². The molecular weight excluding hydrogens is 127 g/mol. The zero-order valence-corrected chi connectivity index (χ0v) is 7.26. The van der Waals surface area contributed by atoms with Gasteiger partial charge in [-0.2, -0.15) is 0 Å². The van der Waals surface area contributed by atoms with Gasteiger partial charge in [0.2, 0.25) is 0 Å². The molecule has 0 N–H and O–H groups in total. The Morgan fingerprint density at radius 1 is 1.20 bits per heavy atom. The van der Waals surface area contributed by atoms with Crippen molar-refractivity contribution in [3.05, 3.63) is 0 Å². The summed E-state index contributed by atoms with van der Waals surface area (Å²) in [5.41, 5.74) is 0. The topological polar surface area (TPSA) is 0 Å². The van der Waals surface area contributed by atoms with E-state index in [1.807, 2.05) is 0 Å². The van der Waals surface area contributed by atoms with E-state index in [9.17, 15) is 0 Å². The van der Waals surface area contributed by atoms with Gasteiger partial charge in [0.15, 0.2) is 0 Å². The lowest BCUT2D eigenvalue weighted by molar-refractivity contribution is 0.384. The molecule has 10 heavy (non-hydrogen) atoms. The number of halogens is 1. The molecule has 1 saturated carbocycles. The van der Waals surface area contributed by atoms with E-state index < -0.39 is 0 Å². The Kier molecular flexibility index (Phi) is 3.92. The molecule has 2 atom stereocenters. The van der Waals surface area contributed by atoms with Crippen LogP contribution in [-0.4, -0.2) is 0 Å². The number of hydrogen-bond acceptors (Lipinski definition) is 0. The van der Waals surface area contributed by atoms with Crippen molar-refractivity contribution in [3.63, 3.8) is 0 Å². The molecule has 2 unspecified atom stereocenters. The van der Waals surface area contributed by atoms with Crippen LogP contribution in [0, 0.1) is 17.8 Å². The average molecular weight is 146 g/mol. The normalized spacial score (nSPS) is 32.4. The summed E-state index contributed by atoms with van der Waals surface area (Å²) in [5, 5.41) is 0. The Balaban J connectivity index is 0.000000810. The van der Waals surface area contributed by atoms with Crippen LogP contribution in [0.2, 0.25) is 0 Å². The molecule has 0 spiro atoms. The van der Waals surface area contributed by atoms with Gasteiger partial charge >= 0.3 is 0 Å². The highest BCUT2D eigenvalue weighted by Crippen LogP contribution is 2.34. The summed E-state index contributed by atoms with van der Waals surface area (Å²) in [6.07, 6.45) is 4.44. The maximum absolute atomic E-state index is 2.38. The van der Waals surface area contributed by atoms with Crippen LogP contribution < -0.4 is 0 Å². The van der Waals surface area contributed by atoms with Crippen molar-refractivity contribution in [3.8, 4) is 0 Å². The van der Waals surface area contributed by atoms with Gasteiger partial charge in [-0.15, -0.1) is 0 Å². The minimum atomic E-state index is 0. The molecule has 0 amide bonds. The molecule has 0 aromatic rings. The van der Waals surface area contributed by atoms with Gasteiger partial charge in [0.25, 0.3) is 0 Å². The van der Waals surface area contributed by atoms with Crippen LogP contribution >= 0.6 is 0 Å². The summed E-state index contributed by atoms with van der Waals surface area (Å²) in [7, 11) is 0. The Hall–Kier alpha value is -0.0700. The molecule has 0 aromatic carbocycles. The fraction of sp³-hybridized carbons (Fsp3) is 1.00. The smallest absolute Gasteiger partial charge is 0.0388 e. The molecule has 0 nitrogen and oxygen atoms in total. The first-order valence-corrected chi connectivity index (χ1v) is 4.20. The second kappa shape index (κ2) is 3.95. The minimum Gasteiger partial charge on any atom is -0.269 e. The van der Waals surface area contributed by atoms with Gasteiger partial charge in [-0.1, -0.05) is 27.2 Å². The molecular formula is C9H19F. The molecule has 0 radical (unpaired) electrons. The summed E-state index contributed by atoms with van der Waals surface area (Å²) in [5.74, 6) is 2.98. The first kappa shape index (κ1) is 9.93. The maximum atomic E-state index is 2.38. The van der Waals surface area contributed by atoms with Gasteiger partial charge in [0.1, 0.15) is 0 Å².